The van der Waals surface area contributed by atoms with Crippen LogP contribution in [0, 0.1) is 0 Å². The molecule has 2 saturated heterocycles. The van der Waals surface area contributed by atoms with E-state index in [2.05, 4.69) is 15.1 Å². The Labute approximate surface area is 163 Å². The Kier molecular flexibility index (Phi) is 5.38. The smallest absolute Gasteiger partial charge is 0.275 e. The number of aromatic nitrogens is 2. The van der Waals surface area contributed by atoms with Gasteiger partial charge in [-0.25, -0.2) is 5.10 Å². The number of aromatic amines is 1. The molecule has 0 radical (unpaired) electrons. The molecule has 1 aromatic heterocycles. The van der Waals surface area contributed by atoms with Crippen LogP contribution in [-0.4, -0.2) is 82.5 Å². The van der Waals surface area contributed by atoms with Crippen molar-refractivity contribution in [3.8, 4) is 0 Å². The van der Waals surface area contributed by atoms with Crippen molar-refractivity contribution in [1.29, 1.82) is 0 Å². The predicted molar refractivity (Wildman–Crippen MR) is 105 cm³/mol. The summed E-state index contributed by atoms with van der Waals surface area (Å²) in [5.74, 6) is 0.00206. The minimum Gasteiger partial charge on any atom is -0.342 e. The molecule has 0 unspecified atom stereocenters. The van der Waals surface area contributed by atoms with Gasteiger partial charge in [-0.05, 0) is 25.3 Å². The summed E-state index contributed by atoms with van der Waals surface area (Å²) in [6, 6.07) is 7.00. The molecule has 148 valence electrons. The molecule has 0 bridgehead atoms. The fourth-order valence-electron chi connectivity index (χ4n) is 3.97. The van der Waals surface area contributed by atoms with E-state index in [9.17, 15) is 14.4 Å². The van der Waals surface area contributed by atoms with Crippen molar-refractivity contribution in [2.75, 3.05) is 45.8 Å². The number of nitrogens with one attached hydrogen (secondary N) is 1. The van der Waals surface area contributed by atoms with E-state index in [0.29, 0.717) is 43.5 Å². The third-order valence-corrected chi connectivity index (χ3v) is 5.63. The van der Waals surface area contributed by atoms with E-state index in [1.54, 1.807) is 29.2 Å². The molecule has 1 N–H and O–H groups in total. The first-order chi connectivity index (χ1) is 13.6. The third-order valence-electron chi connectivity index (χ3n) is 5.63. The zero-order chi connectivity index (χ0) is 19.5. The van der Waals surface area contributed by atoms with E-state index >= 15 is 0 Å². The van der Waals surface area contributed by atoms with Gasteiger partial charge in [0.1, 0.15) is 0 Å². The summed E-state index contributed by atoms with van der Waals surface area (Å²) in [6.07, 6.45) is 3.39. The summed E-state index contributed by atoms with van der Waals surface area (Å²) in [5, 5.41) is 7.46. The lowest BCUT2D eigenvalue weighted by Gasteiger charge is -2.36. The van der Waals surface area contributed by atoms with Crippen molar-refractivity contribution < 1.29 is 9.59 Å². The van der Waals surface area contributed by atoms with E-state index in [0.717, 1.165) is 25.9 Å². The van der Waals surface area contributed by atoms with Crippen LogP contribution in [0.1, 0.15) is 29.8 Å². The number of benzene rings is 1. The van der Waals surface area contributed by atoms with Crippen LogP contribution in [0.15, 0.2) is 29.1 Å². The zero-order valence-electron chi connectivity index (χ0n) is 15.9. The van der Waals surface area contributed by atoms with Crippen LogP contribution in [0.3, 0.4) is 0 Å². The second-order valence-corrected chi connectivity index (χ2v) is 7.46. The summed E-state index contributed by atoms with van der Waals surface area (Å²) >= 11 is 0. The average Bonchev–Trinajstić information content (AvgIpc) is 2.75. The first kappa shape index (κ1) is 18.6. The maximum absolute atomic E-state index is 12.9. The molecule has 0 spiro atoms. The number of H-pyrrole nitrogens is 1. The van der Waals surface area contributed by atoms with Crippen LogP contribution in [0.4, 0.5) is 0 Å². The minimum atomic E-state index is -0.298. The minimum absolute atomic E-state index is 0.186. The number of carbonyl (C=O) groups is 2. The molecule has 1 aromatic carbocycles. The molecule has 8 nitrogen and oxygen atoms in total. The monoisotopic (exact) mass is 383 g/mol. The molecule has 8 heteroatoms. The van der Waals surface area contributed by atoms with E-state index < -0.39 is 0 Å². The number of rotatable bonds is 3. The molecule has 2 aromatic rings. The number of likely N-dealkylation sites (tertiary alicyclic amines) is 1. The molecule has 2 aliphatic heterocycles. The first-order valence-corrected chi connectivity index (χ1v) is 9.90. The van der Waals surface area contributed by atoms with Crippen LogP contribution in [0.2, 0.25) is 0 Å². The van der Waals surface area contributed by atoms with E-state index in [1.807, 2.05) is 4.90 Å². The maximum atomic E-state index is 12.9. The van der Waals surface area contributed by atoms with Gasteiger partial charge < -0.3 is 9.80 Å². The van der Waals surface area contributed by atoms with Crippen molar-refractivity contribution in [1.82, 2.24) is 24.9 Å². The second-order valence-electron chi connectivity index (χ2n) is 7.46. The molecule has 0 aliphatic carbocycles. The summed E-state index contributed by atoms with van der Waals surface area (Å²) in [6.45, 7) is 4.55. The molecular formula is C20H25N5O3. The van der Waals surface area contributed by atoms with Crippen molar-refractivity contribution >= 4 is 22.6 Å². The first-order valence-electron chi connectivity index (χ1n) is 9.90. The van der Waals surface area contributed by atoms with Gasteiger partial charge in [0.25, 0.3) is 11.5 Å². The highest BCUT2D eigenvalue weighted by Gasteiger charge is 2.27. The number of hydrogen-bond acceptors (Lipinski definition) is 5. The van der Waals surface area contributed by atoms with Gasteiger partial charge in [0.2, 0.25) is 5.91 Å². The topological polar surface area (TPSA) is 89.6 Å². The Balaban J connectivity index is 1.39. The number of piperazine rings is 1. The summed E-state index contributed by atoms with van der Waals surface area (Å²) < 4.78 is 0. The van der Waals surface area contributed by atoms with E-state index in [4.69, 9.17) is 0 Å². The van der Waals surface area contributed by atoms with Gasteiger partial charge in [-0.15, -0.1) is 0 Å². The molecule has 0 atom stereocenters. The van der Waals surface area contributed by atoms with Gasteiger partial charge >= 0.3 is 0 Å². The molecule has 2 aliphatic rings. The Hall–Kier alpha value is -2.74. The van der Waals surface area contributed by atoms with Crippen LogP contribution in [0.5, 0.6) is 0 Å². The fourth-order valence-corrected chi connectivity index (χ4v) is 3.97. The Morgan fingerprint density at radius 3 is 2.29 bits per heavy atom. The normalized spacial score (nSPS) is 18.4. The quantitative estimate of drug-likeness (QED) is 0.843. The molecule has 28 heavy (non-hydrogen) atoms. The Morgan fingerprint density at radius 2 is 1.57 bits per heavy atom. The number of hydrogen-bond donors (Lipinski definition) is 1. The molecule has 2 amide bonds. The Bertz CT molecular complexity index is 927. The summed E-state index contributed by atoms with van der Waals surface area (Å²) in [5.41, 5.74) is -0.0266. The van der Waals surface area contributed by atoms with Gasteiger partial charge in [-0.1, -0.05) is 18.2 Å². The number of amides is 2. The summed E-state index contributed by atoms with van der Waals surface area (Å²) in [7, 11) is 0. The highest BCUT2D eigenvalue weighted by atomic mass is 16.2. The number of nitrogens with zero attached hydrogens (tertiary/aromatic N) is 4. The molecule has 3 heterocycles. The molecule has 4 rings (SSSR count). The maximum Gasteiger partial charge on any atom is 0.275 e. The SMILES string of the molecule is O=C(CN1CCN(C(=O)c2n[nH]c(=O)c3ccccc23)CC1)N1CCCCC1. The van der Waals surface area contributed by atoms with Crippen molar-refractivity contribution in [2.45, 2.75) is 19.3 Å². The highest BCUT2D eigenvalue weighted by molar-refractivity contribution is 6.04. The summed E-state index contributed by atoms with van der Waals surface area (Å²) in [4.78, 5) is 43.1. The van der Waals surface area contributed by atoms with Gasteiger partial charge in [0, 0.05) is 44.7 Å². The lowest BCUT2D eigenvalue weighted by Crippen LogP contribution is -2.52. The molecule has 2 fully saturated rings. The van der Waals surface area contributed by atoms with Crippen LogP contribution in [-0.2, 0) is 4.79 Å². The van der Waals surface area contributed by atoms with E-state index in [-0.39, 0.29) is 23.1 Å². The Morgan fingerprint density at radius 1 is 0.893 bits per heavy atom. The highest BCUT2D eigenvalue weighted by Crippen LogP contribution is 2.16. The third kappa shape index (κ3) is 3.77. The van der Waals surface area contributed by atoms with Crippen molar-refractivity contribution in [3.05, 3.63) is 40.3 Å². The van der Waals surface area contributed by atoms with Gasteiger partial charge in [-0.3, -0.25) is 19.3 Å². The van der Waals surface area contributed by atoms with Crippen molar-refractivity contribution in [2.24, 2.45) is 0 Å². The van der Waals surface area contributed by atoms with Crippen LogP contribution < -0.4 is 5.56 Å². The number of piperidine rings is 1. The largest absolute Gasteiger partial charge is 0.342 e. The lowest BCUT2D eigenvalue weighted by atomic mass is 10.1. The van der Waals surface area contributed by atoms with Gasteiger partial charge in [0.05, 0.1) is 11.9 Å². The fraction of sp³-hybridized carbons (Fsp3) is 0.500. The van der Waals surface area contributed by atoms with Crippen LogP contribution in [0.25, 0.3) is 10.8 Å². The van der Waals surface area contributed by atoms with Crippen molar-refractivity contribution in [3.63, 3.8) is 0 Å². The van der Waals surface area contributed by atoms with Gasteiger partial charge in [0.15, 0.2) is 5.69 Å². The standard InChI is InChI=1S/C20H25N5O3/c26-17(24-8-4-1-5-9-24)14-23-10-12-25(13-11-23)20(28)18-15-6-2-3-7-16(15)19(27)22-21-18/h2-3,6-7H,1,4-5,8-14H2,(H,22,27). The second kappa shape index (κ2) is 8.10. The van der Waals surface area contributed by atoms with Crippen LogP contribution >= 0.6 is 0 Å². The predicted octanol–water partition coefficient (Wildman–Crippen LogP) is 0.693. The average molecular weight is 383 g/mol. The lowest BCUT2D eigenvalue weighted by molar-refractivity contribution is -0.133. The van der Waals surface area contributed by atoms with E-state index in [1.165, 1.54) is 6.42 Å². The number of carbonyl (C=O) groups excluding carboxylic acids is 2. The molecule has 0 saturated carbocycles. The zero-order valence-corrected chi connectivity index (χ0v) is 15.9. The van der Waals surface area contributed by atoms with Gasteiger partial charge in [-0.2, -0.15) is 5.10 Å². The molecular weight excluding hydrogens is 358 g/mol. The number of fused-ring (bicyclic) bond motifs is 1.